The predicted molar refractivity (Wildman–Crippen MR) is 83.7 cm³/mol. The third-order valence-corrected chi connectivity index (χ3v) is 3.46. The molecular weight excluding hydrogens is 256 g/mol. The monoisotopic (exact) mass is 280 g/mol. The van der Waals surface area contributed by atoms with Crippen molar-refractivity contribution in [3.05, 3.63) is 23.4 Å². The minimum Gasteiger partial charge on any atom is -0.477 e. The maximum absolute atomic E-state index is 5.80. The van der Waals surface area contributed by atoms with Crippen LogP contribution in [0.3, 0.4) is 0 Å². The highest BCUT2D eigenvalue weighted by Gasteiger charge is 2.09. The zero-order chi connectivity index (χ0) is 14.3. The number of hydrogen-bond donors (Lipinski definition) is 1. The van der Waals surface area contributed by atoms with Gasteiger partial charge < -0.3 is 10.5 Å². The fourth-order valence-electron chi connectivity index (χ4n) is 1.96. The van der Waals surface area contributed by atoms with Crippen molar-refractivity contribution in [1.82, 2.24) is 4.98 Å². The van der Waals surface area contributed by atoms with Gasteiger partial charge in [-0.05, 0) is 25.3 Å². The summed E-state index contributed by atoms with van der Waals surface area (Å²) in [6, 6.07) is 3.70. The van der Waals surface area contributed by atoms with Crippen LogP contribution >= 0.6 is 12.2 Å². The van der Waals surface area contributed by atoms with Crippen LogP contribution in [-0.2, 0) is 0 Å². The summed E-state index contributed by atoms with van der Waals surface area (Å²) in [5.41, 5.74) is 7.34. The van der Waals surface area contributed by atoms with Gasteiger partial charge in [-0.25, -0.2) is 4.98 Å². The highest BCUT2D eigenvalue weighted by molar-refractivity contribution is 7.80. The molecule has 0 radical (unpaired) electrons. The molecule has 0 saturated carbocycles. The molecule has 0 bridgehead atoms. The van der Waals surface area contributed by atoms with E-state index < -0.39 is 0 Å². The van der Waals surface area contributed by atoms with Gasteiger partial charge in [0, 0.05) is 17.3 Å². The molecule has 1 unspecified atom stereocenters. The van der Waals surface area contributed by atoms with Gasteiger partial charge >= 0.3 is 0 Å². The average Bonchev–Trinajstić information content (AvgIpc) is 2.38. The molecule has 1 atom stereocenters. The van der Waals surface area contributed by atoms with Crippen molar-refractivity contribution >= 4 is 17.2 Å². The summed E-state index contributed by atoms with van der Waals surface area (Å²) >= 11 is 4.99. The Morgan fingerprint density at radius 2 is 2.16 bits per heavy atom. The number of nitrogens with two attached hydrogens (primary N) is 1. The molecular formula is C15H24N2OS. The Kier molecular flexibility index (Phi) is 6.78. The number of thiocarbonyl (C=S) groups is 1. The van der Waals surface area contributed by atoms with Gasteiger partial charge in [-0.1, -0.05) is 45.3 Å². The molecule has 3 nitrogen and oxygen atoms in total. The van der Waals surface area contributed by atoms with Crippen molar-refractivity contribution in [2.75, 3.05) is 6.61 Å². The molecule has 1 heterocycles. The summed E-state index contributed by atoms with van der Waals surface area (Å²) < 4.78 is 5.80. The van der Waals surface area contributed by atoms with Crippen molar-refractivity contribution < 1.29 is 4.74 Å². The van der Waals surface area contributed by atoms with Gasteiger partial charge in [-0.3, -0.25) is 0 Å². The molecule has 0 fully saturated rings. The number of nitrogens with zero attached hydrogens (tertiary/aromatic N) is 1. The molecule has 19 heavy (non-hydrogen) atoms. The van der Waals surface area contributed by atoms with Gasteiger partial charge in [-0.15, -0.1) is 0 Å². The van der Waals surface area contributed by atoms with E-state index in [9.17, 15) is 0 Å². The van der Waals surface area contributed by atoms with Crippen LogP contribution in [-0.4, -0.2) is 16.6 Å². The number of aryl methyl sites for hydroxylation is 1. The third-order valence-electron chi connectivity index (χ3n) is 3.22. The van der Waals surface area contributed by atoms with Gasteiger partial charge in [0.1, 0.15) is 4.99 Å². The summed E-state index contributed by atoms with van der Waals surface area (Å²) in [7, 11) is 0. The highest BCUT2D eigenvalue weighted by Crippen LogP contribution is 2.17. The third kappa shape index (κ3) is 5.55. The van der Waals surface area contributed by atoms with Crippen molar-refractivity contribution in [3.63, 3.8) is 0 Å². The molecule has 1 aromatic rings. The van der Waals surface area contributed by atoms with E-state index in [1.165, 1.54) is 19.3 Å². The Balaban J connectivity index is 2.63. The standard InChI is InChI=1S/C15H24N2OS/c1-4-6-7-12(5-2)10-18-14-9-13(15(16)19)8-11(3)17-14/h8-9,12H,4-7,10H2,1-3H3,(H2,16,19). The van der Waals surface area contributed by atoms with Crippen LogP contribution in [0.5, 0.6) is 5.88 Å². The Hall–Kier alpha value is -1.16. The number of hydrogen-bond acceptors (Lipinski definition) is 3. The molecule has 0 aliphatic heterocycles. The van der Waals surface area contributed by atoms with E-state index in [1.54, 1.807) is 0 Å². The van der Waals surface area contributed by atoms with Crippen molar-refractivity contribution in [3.8, 4) is 5.88 Å². The fraction of sp³-hybridized carbons (Fsp3) is 0.600. The van der Waals surface area contributed by atoms with Crippen LogP contribution in [0.1, 0.15) is 50.8 Å². The number of aromatic nitrogens is 1. The van der Waals surface area contributed by atoms with E-state index in [1.807, 2.05) is 19.1 Å². The van der Waals surface area contributed by atoms with Crippen molar-refractivity contribution in [2.45, 2.75) is 46.5 Å². The van der Waals surface area contributed by atoms with Crippen LogP contribution in [0.25, 0.3) is 0 Å². The average molecular weight is 280 g/mol. The molecule has 4 heteroatoms. The largest absolute Gasteiger partial charge is 0.477 e. The Morgan fingerprint density at radius 1 is 1.42 bits per heavy atom. The molecule has 2 N–H and O–H groups in total. The minimum absolute atomic E-state index is 0.383. The molecule has 1 rings (SSSR count). The van der Waals surface area contributed by atoms with E-state index in [0.29, 0.717) is 23.4 Å². The number of ether oxygens (including phenoxy) is 1. The lowest BCUT2D eigenvalue weighted by Gasteiger charge is -2.15. The van der Waals surface area contributed by atoms with Crippen LogP contribution in [0.2, 0.25) is 0 Å². The number of unbranched alkanes of at least 4 members (excludes halogenated alkanes) is 1. The summed E-state index contributed by atoms with van der Waals surface area (Å²) in [5, 5.41) is 0. The quantitative estimate of drug-likeness (QED) is 0.739. The zero-order valence-corrected chi connectivity index (χ0v) is 12.9. The molecule has 0 amide bonds. The smallest absolute Gasteiger partial charge is 0.214 e. The van der Waals surface area contributed by atoms with E-state index in [-0.39, 0.29) is 0 Å². The SMILES string of the molecule is CCCCC(CC)COc1cc(C(N)=S)cc(C)n1. The number of pyridine rings is 1. The molecule has 0 spiro atoms. The first-order valence-corrected chi connectivity index (χ1v) is 7.38. The Morgan fingerprint density at radius 3 is 2.74 bits per heavy atom. The molecule has 0 aliphatic carbocycles. The normalized spacial score (nSPS) is 12.2. The Labute approximate surface area is 121 Å². The van der Waals surface area contributed by atoms with Gasteiger partial charge in [0.25, 0.3) is 0 Å². The molecule has 106 valence electrons. The second kappa shape index (κ2) is 8.10. The summed E-state index contributed by atoms with van der Waals surface area (Å²) in [5.74, 6) is 1.22. The lowest BCUT2D eigenvalue weighted by Crippen LogP contribution is -2.14. The van der Waals surface area contributed by atoms with Crippen molar-refractivity contribution in [2.24, 2.45) is 11.7 Å². The molecule has 0 aromatic carbocycles. The van der Waals surface area contributed by atoms with Gasteiger partial charge in [0.05, 0.1) is 6.61 Å². The molecule has 0 saturated heterocycles. The topological polar surface area (TPSA) is 48.1 Å². The maximum Gasteiger partial charge on any atom is 0.214 e. The Bertz CT molecular complexity index is 421. The van der Waals surface area contributed by atoms with E-state index in [4.69, 9.17) is 22.7 Å². The maximum atomic E-state index is 5.80. The van der Waals surface area contributed by atoms with Crippen molar-refractivity contribution in [1.29, 1.82) is 0 Å². The molecule has 1 aromatic heterocycles. The van der Waals surface area contributed by atoms with Crippen LogP contribution < -0.4 is 10.5 Å². The number of rotatable bonds is 8. The second-order valence-corrected chi connectivity index (χ2v) is 5.37. The van der Waals surface area contributed by atoms with Crippen LogP contribution in [0.4, 0.5) is 0 Å². The van der Waals surface area contributed by atoms with Gasteiger partial charge in [-0.2, -0.15) is 0 Å². The highest BCUT2D eigenvalue weighted by atomic mass is 32.1. The zero-order valence-electron chi connectivity index (χ0n) is 12.1. The predicted octanol–water partition coefficient (Wildman–Crippen LogP) is 3.62. The van der Waals surface area contributed by atoms with Crippen LogP contribution in [0, 0.1) is 12.8 Å². The lowest BCUT2D eigenvalue weighted by atomic mass is 10.0. The fourth-order valence-corrected chi connectivity index (χ4v) is 2.07. The summed E-state index contributed by atoms with van der Waals surface area (Å²) in [4.78, 5) is 4.75. The van der Waals surface area contributed by atoms with E-state index in [2.05, 4.69) is 18.8 Å². The first kappa shape index (κ1) is 15.9. The van der Waals surface area contributed by atoms with E-state index >= 15 is 0 Å². The van der Waals surface area contributed by atoms with Gasteiger partial charge in [0.15, 0.2) is 0 Å². The van der Waals surface area contributed by atoms with Crippen LogP contribution in [0.15, 0.2) is 12.1 Å². The molecule has 0 aliphatic rings. The minimum atomic E-state index is 0.383. The lowest BCUT2D eigenvalue weighted by molar-refractivity contribution is 0.225. The second-order valence-electron chi connectivity index (χ2n) is 4.93. The first-order valence-electron chi connectivity index (χ1n) is 6.98. The summed E-state index contributed by atoms with van der Waals surface area (Å²) in [6.07, 6.45) is 4.82. The van der Waals surface area contributed by atoms with E-state index in [0.717, 1.165) is 17.7 Å². The van der Waals surface area contributed by atoms with Gasteiger partial charge in [0.2, 0.25) is 5.88 Å². The first-order chi connectivity index (χ1) is 9.06. The summed E-state index contributed by atoms with van der Waals surface area (Å²) in [6.45, 7) is 7.05.